The summed E-state index contributed by atoms with van der Waals surface area (Å²) in [6, 6.07) is 19.8. The summed E-state index contributed by atoms with van der Waals surface area (Å²) in [7, 11) is 0. The Morgan fingerprint density at radius 1 is 0.879 bits per heavy atom. The highest BCUT2D eigenvalue weighted by molar-refractivity contribution is 7.21. The third-order valence-corrected chi connectivity index (χ3v) is 6.64. The molecule has 0 saturated heterocycles. The zero-order valence-electron chi connectivity index (χ0n) is 16.8. The summed E-state index contributed by atoms with van der Waals surface area (Å²) in [6.07, 6.45) is -2.91. The van der Waals surface area contributed by atoms with Crippen molar-refractivity contribution in [3.8, 4) is 32.8 Å². The zero-order chi connectivity index (χ0) is 23.2. The minimum atomic E-state index is -4.46. The maximum Gasteiger partial charge on any atom is 0.416 e. The average Bonchev–Trinajstić information content (AvgIpc) is 3.23. The molecule has 0 saturated carbocycles. The van der Waals surface area contributed by atoms with Gasteiger partial charge in [0.05, 0.1) is 21.3 Å². The lowest BCUT2D eigenvalue weighted by Crippen LogP contribution is -2.11. The Bertz CT molecular complexity index is 1540. The number of H-pyrrole nitrogens is 1. The van der Waals surface area contributed by atoms with Crippen molar-refractivity contribution >= 4 is 33.2 Å². The summed E-state index contributed by atoms with van der Waals surface area (Å²) < 4.78 is 40.1. The number of hydrogen-bond acceptors (Lipinski definition) is 3. The second-order valence-electron chi connectivity index (χ2n) is 7.33. The number of alkyl halides is 3. The number of rotatable bonds is 3. The topological polar surface area (TPSA) is 45.8 Å². The van der Waals surface area contributed by atoms with Crippen molar-refractivity contribution in [2.45, 2.75) is 6.18 Å². The molecule has 8 heteroatoms. The first kappa shape index (κ1) is 21.4. The Balaban J connectivity index is 1.81. The van der Waals surface area contributed by atoms with Gasteiger partial charge in [-0.25, -0.2) is 4.98 Å². The summed E-state index contributed by atoms with van der Waals surface area (Å²) in [5, 5.41) is 0.907. The number of pyridine rings is 1. The van der Waals surface area contributed by atoms with Gasteiger partial charge in [0.1, 0.15) is 5.01 Å². The molecule has 0 aliphatic heterocycles. The Kier molecular flexibility index (Phi) is 5.31. The molecule has 0 amide bonds. The monoisotopic (exact) mass is 482 g/mol. The van der Waals surface area contributed by atoms with Crippen molar-refractivity contribution in [2.75, 3.05) is 0 Å². The second kappa shape index (κ2) is 8.17. The Labute approximate surface area is 195 Å². The second-order valence-corrected chi connectivity index (χ2v) is 8.76. The van der Waals surface area contributed by atoms with Gasteiger partial charge in [0.25, 0.3) is 5.56 Å². The molecular formula is C25H14ClF3N2OS. The molecule has 5 aromatic rings. The van der Waals surface area contributed by atoms with Crippen LogP contribution in [0.5, 0.6) is 0 Å². The molecule has 3 aromatic carbocycles. The Hall–Kier alpha value is -3.42. The van der Waals surface area contributed by atoms with Crippen LogP contribution in [0.2, 0.25) is 5.02 Å². The fraction of sp³-hybridized carbons (Fsp3) is 0.0400. The molecule has 0 spiro atoms. The molecule has 0 unspecified atom stereocenters. The number of fused-ring (bicyclic) bond motifs is 1. The summed E-state index contributed by atoms with van der Waals surface area (Å²) in [5.41, 5.74) is 2.08. The molecule has 0 bridgehead atoms. The molecule has 1 N–H and O–H groups in total. The lowest BCUT2D eigenvalue weighted by atomic mass is 9.92. The maximum absolute atomic E-state index is 13.2. The maximum atomic E-state index is 13.2. The fourth-order valence-corrected chi connectivity index (χ4v) is 4.94. The molecule has 164 valence electrons. The van der Waals surface area contributed by atoms with Crippen molar-refractivity contribution in [1.82, 2.24) is 9.97 Å². The van der Waals surface area contributed by atoms with Crippen LogP contribution in [-0.4, -0.2) is 9.97 Å². The quantitative estimate of drug-likeness (QED) is 0.287. The van der Waals surface area contributed by atoms with E-state index in [0.717, 1.165) is 17.7 Å². The van der Waals surface area contributed by atoms with Crippen LogP contribution >= 0.6 is 22.9 Å². The molecule has 0 aliphatic carbocycles. The fourth-order valence-electron chi connectivity index (χ4n) is 3.74. The van der Waals surface area contributed by atoms with E-state index in [-0.39, 0.29) is 11.1 Å². The number of halogens is 4. The van der Waals surface area contributed by atoms with Crippen molar-refractivity contribution in [3.05, 3.63) is 99.9 Å². The molecule has 3 nitrogen and oxygen atoms in total. The van der Waals surface area contributed by atoms with Gasteiger partial charge in [-0.2, -0.15) is 13.2 Å². The minimum absolute atomic E-state index is 0.245. The molecule has 33 heavy (non-hydrogen) atoms. The normalized spacial score (nSPS) is 11.8. The van der Waals surface area contributed by atoms with Gasteiger partial charge in [0, 0.05) is 27.9 Å². The number of benzene rings is 3. The standard InChI is InChI=1S/C25H14ClF3N2OS/c26-18-9-5-4-8-16(18)22-21(14-6-2-1-3-7-14)17(13-30-23(22)32)24-31-19-12-15(25(27,28)29)10-11-20(19)33-24/h1-13H,(H,30,32). The summed E-state index contributed by atoms with van der Waals surface area (Å²) in [5.74, 6) is 0. The van der Waals surface area contributed by atoms with E-state index in [9.17, 15) is 18.0 Å². The molecule has 5 rings (SSSR count). The Morgan fingerprint density at radius 2 is 1.61 bits per heavy atom. The molecule has 2 heterocycles. The van der Waals surface area contributed by atoms with E-state index in [2.05, 4.69) is 9.97 Å². The van der Waals surface area contributed by atoms with E-state index in [1.54, 1.807) is 30.5 Å². The van der Waals surface area contributed by atoms with Gasteiger partial charge >= 0.3 is 6.18 Å². The van der Waals surface area contributed by atoms with E-state index < -0.39 is 11.7 Å². The van der Waals surface area contributed by atoms with Crippen LogP contribution in [0.3, 0.4) is 0 Å². The molecule has 0 radical (unpaired) electrons. The van der Waals surface area contributed by atoms with Gasteiger partial charge in [-0.3, -0.25) is 4.79 Å². The number of aromatic amines is 1. The number of aromatic nitrogens is 2. The third kappa shape index (κ3) is 3.94. The first-order valence-corrected chi connectivity index (χ1v) is 11.1. The van der Waals surface area contributed by atoms with E-state index in [1.807, 2.05) is 30.3 Å². The number of hydrogen-bond donors (Lipinski definition) is 1. The van der Waals surface area contributed by atoms with E-state index >= 15 is 0 Å². The predicted molar refractivity (Wildman–Crippen MR) is 127 cm³/mol. The van der Waals surface area contributed by atoms with Gasteiger partial charge in [-0.15, -0.1) is 11.3 Å². The molecular weight excluding hydrogens is 469 g/mol. The molecule has 0 aliphatic rings. The average molecular weight is 483 g/mol. The van der Waals surface area contributed by atoms with Crippen molar-refractivity contribution in [2.24, 2.45) is 0 Å². The van der Waals surface area contributed by atoms with Crippen molar-refractivity contribution in [3.63, 3.8) is 0 Å². The molecule has 2 aromatic heterocycles. The summed E-state index contributed by atoms with van der Waals surface area (Å²) >= 11 is 7.70. The Morgan fingerprint density at radius 3 is 2.33 bits per heavy atom. The minimum Gasteiger partial charge on any atom is -0.328 e. The van der Waals surface area contributed by atoms with Crippen LogP contribution in [0.1, 0.15) is 5.56 Å². The van der Waals surface area contributed by atoms with Gasteiger partial charge in [0.15, 0.2) is 0 Å². The third-order valence-electron chi connectivity index (χ3n) is 5.24. The predicted octanol–water partition coefficient (Wildman–Crippen LogP) is 7.66. The zero-order valence-corrected chi connectivity index (χ0v) is 18.4. The van der Waals surface area contributed by atoms with Crippen LogP contribution in [0.15, 0.2) is 83.8 Å². The van der Waals surface area contributed by atoms with Crippen LogP contribution < -0.4 is 5.56 Å². The van der Waals surface area contributed by atoms with Gasteiger partial charge < -0.3 is 4.98 Å². The van der Waals surface area contributed by atoms with Crippen LogP contribution in [0.25, 0.3) is 43.0 Å². The van der Waals surface area contributed by atoms with Crippen LogP contribution in [-0.2, 0) is 6.18 Å². The highest BCUT2D eigenvalue weighted by Gasteiger charge is 2.31. The van der Waals surface area contributed by atoms with Gasteiger partial charge in [-0.05, 0) is 29.8 Å². The highest BCUT2D eigenvalue weighted by atomic mass is 35.5. The van der Waals surface area contributed by atoms with Gasteiger partial charge in [0.2, 0.25) is 0 Å². The van der Waals surface area contributed by atoms with E-state index in [1.165, 1.54) is 17.4 Å². The molecule has 0 fully saturated rings. The highest BCUT2D eigenvalue weighted by Crippen LogP contribution is 2.42. The first-order valence-electron chi connectivity index (χ1n) is 9.87. The molecule has 0 atom stereocenters. The lowest BCUT2D eigenvalue weighted by Gasteiger charge is -2.14. The smallest absolute Gasteiger partial charge is 0.328 e. The summed E-state index contributed by atoms with van der Waals surface area (Å²) in [4.78, 5) is 20.3. The van der Waals surface area contributed by atoms with Crippen LogP contribution in [0.4, 0.5) is 13.2 Å². The van der Waals surface area contributed by atoms with Crippen molar-refractivity contribution in [1.29, 1.82) is 0 Å². The SMILES string of the molecule is O=c1[nH]cc(-c2nc3cc(C(F)(F)F)ccc3s2)c(-c2ccccc2)c1-c1ccccc1Cl. The number of thiazole rings is 1. The largest absolute Gasteiger partial charge is 0.416 e. The van der Waals surface area contributed by atoms with E-state index in [0.29, 0.717) is 37.0 Å². The lowest BCUT2D eigenvalue weighted by molar-refractivity contribution is -0.137. The van der Waals surface area contributed by atoms with Crippen LogP contribution in [0, 0.1) is 0 Å². The number of nitrogens with zero attached hydrogens (tertiary/aromatic N) is 1. The van der Waals surface area contributed by atoms with E-state index in [4.69, 9.17) is 11.6 Å². The van der Waals surface area contributed by atoms with Gasteiger partial charge in [-0.1, -0.05) is 60.1 Å². The van der Waals surface area contributed by atoms with Crippen molar-refractivity contribution < 1.29 is 13.2 Å². The number of nitrogens with one attached hydrogen (secondary N) is 1. The summed E-state index contributed by atoms with van der Waals surface area (Å²) in [6.45, 7) is 0. The first-order chi connectivity index (χ1) is 15.8.